The maximum Gasteiger partial charge on any atom is 0.276 e. The zero-order chi connectivity index (χ0) is 22.7. The van der Waals surface area contributed by atoms with E-state index in [1.807, 2.05) is 13.8 Å². The Morgan fingerprint density at radius 3 is 2.48 bits per heavy atom. The van der Waals surface area contributed by atoms with Gasteiger partial charge in [-0.05, 0) is 23.6 Å². The number of halogens is 1. The Kier molecular flexibility index (Phi) is 6.74. The highest BCUT2D eigenvalue weighted by molar-refractivity contribution is 5.99. The van der Waals surface area contributed by atoms with E-state index in [2.05, 4.69) is 5.32 Å². The Morgan fingerprint density at radius 1 is 1.23 bits per heavy atom. The first kappa shape index (κ1) is 22.5. The summed E-state index contributed by atoms with van der Waals surface area (Å²) < 4.78 is 14.2. The predicted octanol–water partition coefficient (Wildman–Crippen LogP) is 1.83. The van der Waals surface area contributed by atoms with Crippen molar-refractivity contribution in [1.82, 2.24) is 14.8 Å². The maximum atomic E-state index is 13.0. The van der Waals surface area contributed by atoms with E-state index in [0.717, 1.165) is 12.8 Å². The first-order valence-corrected chi connectivity index (χ1v) is 10.2. The van der Waals surface area contributed by atoms with Crippen LogP contribution in [0.15, 0.2) is 35.3 Å². The third-order valence-corrected chi connectivity index (χ3v) is 5.66. The second kappa shape index (κ2) is 9.30. The minimum Gasteiger partial charge on any atom is -0.503 e. The number of aliphatic hydroxyl groups is 1. The molecular weight excluding hydrogens is 405 g/mol. The van der Waals surface area contributed by atoms with E-state index in [1.54, 1.807) is 0 Å². The van der Waals surface area contributed by atoms with Crippen LogP contribution in [-0.2, 0) is 13.1 Å². The molecule has 0 fully saturated rings. The summed E-state index contributed by atoms with van der Waals surface area (Å²) in [6.07, 6.45) is 1.67. The average Bonchev–Trinajstić information content (AvgIpc) is 2.75. The molecule has 2 aromatic rings. The molecule has 31 heavy (non-hydrogen) atoms. The normalized spacial score (nSPS) is 15.8. The number of amides is 2. The van der Waals surface area contributed by atoms with Gasteiger partial charge < -0.3 is 25.0 Å². The summed E-state index contributed by atoms with van der Waals surface area (Å²) >= 11 is 0. The molecular formula is C22H26FN3O5. The summed E-state index contributed by atoms with van der Waals surface area (Å²) in [5.41, 5.74) is -0.928. The number of aromatic hydroxyl groups is 1. The van der Waals surface area contributed by atoms with Crippen LogP contribution in [-0.4, -0.2) is 44.3 Å². The number of aromatic nitrogens is 1. The molecule has 9 heteroatoms. The highest BCUT2D eigenvalue weighted by Gasteiger charge is 2.36. The van der Waals surface area contributed by atoms with Gasteiger partial charge in [0.05, 0.1) is 6.54 Å². The molecule has 1 aliphatic heterocycles. The van der Waals surface area contributed by atoms with Gasteiger partial charge in [-0.2, -0.15) is 0 Å². The van der Waals surface area contributed by atoms with Crippen molar-refractivity contribution in [3.63, 3.8) is 0 Å². The lowest BCUT2D eigenvalue weighted by Crippen LogP contribution is -2.50. The minimum absolute atomic E-state index is 0.0474. The number of rotatable bonds is 7. The Hall–Kier alpha value is -3.20. The first-order valence-electron chi connectivity index (χ1n) is 10.2. The van der Waals surface area contributed by atoms with E-state index < -0.39 is 35.0 Å². The SMILES string of the molecule is CCC(CC)CN1C(=O)c2c(O)c(=O)c(C(=O)NCc3ccc(F)cc3)cn2CC1O. The van der Waals surface area contributed by atoms with Crippen LogP contribution < -0.4 is 10.7 Å². The molecule has 1 unspecified atom stereocenters. The minimum atomic E-state index is -1.14. The Labute approximate surface area is 178 Å². The van der Waals surface area contributed by atoms with E-state index in [-0.39, 0.29) is 30.3 Å². The summed E-state index contributed by atoms with van der Waals surface area (Å²) in [6, 6.07) is 5.50. The summed E-state index contributed by atoms with van der Waals surface area (Å²) in [5, 5.41) is 23.4. The van der Waals surface area contributed by atoms with Gasteiger partial charge in [0.25, 0.3) is 11.8 Å². The standard InChI is InChI=1S/C22H26FN3O5/c1-3-13(4-2)10-26-17(27)12-25-11-16(19(28)20(29)18(25)22(26)31)21(30)24-9-14-5-7-15(23)8-6-14/h5-8,11,13,17,27,29H,3-4,9-10,12H2,1-2H3,(H,24,30). The molecule has 1 atom stereocenters. The monoisotopic (exact) mass is 431 g/mol. The quantitative estimate of drug-likeness (QED) is 0.619. The smallest absolute Gasteiger partial charge is 0.276 e. The third-order valence-electron chi connectivity index (χ3n) is 5.66. The van der Waals surface area contributed by atoms with Gasteiger partial charge in [-0.1, -0.05) is 38.8 Å². The van der Waals surface area contributed by atoms with Crippen LogP contribution in [0, 0.1) is 11.7 Å². The summed E-state index contributed by atoms with van der Waals surface area (Å²) in [4.78, 5) is 39.3. The second-order valence-corrected chi connectivity index (χ2v) is 7.65. The number of hydrogen-bond donors (Lipinski definition) is 3. The molecule has 3 rings (SSSR count). The molecule has 8 nitrogen and oxygen atoms in total. The van der Waals surface area contributed by atoms with Gasteiger partial charge in [0.15, 0.2) is 11.4 Å². The molecule has 0 spiro atoms. The number of fused-ring (bicyclic) bond motifs is 1. The van der Waals surface area contributed by atoms with Crippen LogP contribution in [0.1, 0.15) is 53.1 Å². The summed E-state index contributed by atoms with van der Waals surface area (Å²) in [6.45, 7) is 4.25. The lowest BCUT2D eigenvalue weighted by molar-refractivity contribution is -0.0190. The van der Waals surface area contributed by atoms with E-state index in [1.165, 1.54) is 39.9 Å². The molecule has 2 heterocycles. The number of carbonyl (C=O) groups is 2. The van der Waals surface area contributed by atoms with E-state index in [0.29, 0.717) is 12.1 Å². The lowest BCUT2D eigenvalue weighted by atomic mass is 10.0. The van der Waals surface area contributed by atoms with Crippen LogP contribution >= 0.6 is 0 Å². The molecule has 0 saturated carbocycles. The van der Waals surface area contributed by atoms with E-state index in [9.17, 15) is 29.0 Å². The van der Waals surface area contributed by atoms with Gasteiger partial charge in [0, 0.05) is 19.3 Å². The molecule has 1 aliphatic rings. The molecule has 3 N–H and O–H groups in total. The zero-order valence-corrected chi connectivity index (χ0v) is 17.5. The fraction of sp³-hybridized carbons (Fsp3) is 0.409. The molecule has 166 valence electrons. The van der Waals surface area contributed by atoms with Crippen LogP contribution in [0.4, 0.5) is 4.39 Å². The Balaban J connectivity index is 1.85. The number of nitrogens with one attached hydrogen (secondary N) is 1. The van der Waals surface area contributed by atoms with Crippen molar-refractivity contribution in [3.05, 3.63) is 63.3 Å². The molecule has 0 aliphatic carbocycles. The number of benzene rings is 1. The number of aliphatic hydroxyl groups excluding tert-OH is 1. The van der Waals surface area contributed by atoms with Gasteiger partial charge in [-0.3, -0.25) is 14.4 Å². The number of carbonyl (C=O) groups excluding carboxylic acids is 2. The Bertz CT molecular complexity index is 1030. The number of nitrogens with zero attached hydrogens (tertiary/aromatic N) is 2. The third kappa shape index (κ3) is 4.61. The maximum absolute atomic E-state index is 13.0. The van der Waals surface area contributed by atoms with Gasteiger partial charge >= 0.3 is 0 Å². The van der Waals surface area contributed by atoms with Gasteiger partial charge in [0.2, 0.25) is 5.43 Å². The largest absolute Gasteiger partial charge is 0.503 e. The topological polar surface area (TPSA) is 112 Å². The second-order valence-electron chi connectivity index (χ2n) is 7.65. The lowest BCUT2D eigenvalue weighted by Gasteiger charge is -2.36. The molecule has 0 bridgehead atoms. The fourth-order valence-electron chi connectivity index (χ4n) is 3.64. The fourth-order valence-corrected chi connectivity index (χ4v) is 3.64. The van der Waals surface area contributed by atoms with Crippen LogP contribution in [0.25, 0.3) is 0 Å². The molecule has 0 saturated heterocycles. The highest BCUT2D eigenvalue weighted by Crippen LogP contribution is 2.24. The van der Waals surface area contributed by atoms with Gasteiger partial charge in [0.1, 0.15) is 17.6 Å². The zero-order valence-electron chi connectivity index (χ0n) is 17.5. The molecule has 1 aromatic carbocycles. The van der Waals surface area contributed by atoms with Gasteiger partial charge in [-0.25, -0.2) is 4.39 Å². The van der Waals surface area contributed by atoms with E-state index >= 15 is 0 Å². The molecule has 1 aromatic heterocycles. The van der Waals surface area contributed by atoms with Crippen LogP contribution in [0.5, 0.6) is 5.75 Å². The highest BCUT2D eigenvalue weighted by atomic mass is 19.1. The molecule has 0 radical (unpaired) electrons. The number of hydrogen-bond acceptors (Lipinski definition) is 5. The summed E-state index contributed by atoms with van der Waals surface area (Å²) in [7, 11) is 0. The Morgan fingerprint density at radius 2 is 1.87 bits per heavy atom. The predicted molar refractivity (Wildman–Crippen MR) is 111 cm³/mol. The summed E-state index contributed by atoms with van der Waals surface area (Å²) in [5.74, 6) is -2.45. The van der Waals surface area contributed by atoms with Crippen molar-refractivity contribution in [3.8, 4) is 5.75 Å². The van der Waals surface area contributed by atoms with E-state index in [4.69, 9.17) is 0 Å². The van der Waals surface area contributed by atoms with Crippen molar-refractivity contribution >= 4 is 11.8 Å². The molecule has 2 amide bonds. The van der Waals surface area contributed by atoms with Crippen molar-refractivity contribution < 1.29 is 24.2 Å². The van der Waals surface area contributed by atoms with Crippen LogP contribution in [0.3, 0.4) is 0 Å². The van der Waals surface area contributed by atoms with Gasteiger partial charge in [-0.15, -0.1) is 0 Å². The average molecular weight is 431 g/mol. The van der Waals surface area contributed by atoms with Crippen LogP contribution in [0.2, 0.25) is 0 Å². The first-order chi connectivity index (χ1) is 14.8. The number of pyridine rings is 1. The van der Waals surface area contributed by atoms with Crippen molar-refractivity contribution in [2.45, 2.75) is 46.0 Å². The van der Waals surface area contributed by atoms with Crippen molar-refractivity contribution in [2.75, 3.05) is 6.54 Å². The van der Waals surface area contributed by atoms with Crippen molar-refractivity contribution in [2.24, 2.45) is 5.92 Å². The van der Waals surface area contributed by atoms with Crippen molar-refractivity contribution in [1.29, 1.82) is 0 Å².